The van der Waals surface area contributed by atoms with Gasteiger partial charge in [-0.25, -0.2) is 14.4 Å². The summed E-state index contributed by atoms with van der Waals surface area (Å²) in [5.41, 5.74) is 1.12. The highest BCUT2D eigenvalue weighted by molar-refractivity contribution is 5.92. The molecule has 0 unspecified atom stereocenters. The molecule has 2 rings (SSSR count). The van der Waals surface area contributed by atoms with Crippen molar-refractivity contribution in [3.05, 3.63) is 53.2 Å². The molecule has 2 aromatic rings. The fourth-order valence-corrected chi connectivity index (χ4v) is 1.68. The Bertz CT molecular complexity index is 632. The predicted molar refractivity (Wildman–Crippen MR) is 70.9 cm³/mol. The van der Waals surface area contributed by atoms with Crippen molar-refractivity contribution in [3.63, 3.8) is 0 Å². The van der Waals surface area contributed by atoms with E-state index in [0.29, 0.717) is 5.88 Å². The van der Waals surface area contributed by atoms with Crippen LogP contribution in [0.5, 0.6) is 5.88 Å². The second kappa shape index (κ2) is 6.10. The van der Waals surface area contributed by atoms with Gasteiger partial charge in [0, 0.05) is 18.3 Å². The van der Waals surface area contributed by atoms with Gasteiger partial charge in [0.25, 0.3) is 5.91 Å². The lowest BCUT2D eigenvalue weighted by Gasteiger charge is -2.08. The van der Waals surface area contributed by atoms with E-state index in [9.17, 15) is 9.18 Å². The highest BCUT2D eigenvalue weighted by Gasteiger charge is 2.10. The van der Waals surface area contributed by atoms with E-state index in [0.717, 1.165) is 5.56 Å². The number of carbonyl (C=O) groups excluding carboxylic acids is 1. The van der Waals surface area contributed by atoms with Gasteiger partial charge in [0.15, 0.2) is 0 Å². The van der Waals surface area contributed by atoms with Crippen LogP contribution in [0.4, 0.5) is 4.39 Å². The van der Waals surface area contributed by atoms with Crippen molar-refractivity contribution >= 4 is 5.91 Å². The second-order valence-electron chi connectivity index (χ2n) is 4.12. The summed E-state index contributed by atoms with van der Waals surface area (Å²) in [4.78, 5) is 19.9. The van der Waals surface area contributed by atoms with Crippen LogP contribution in [0, 0.1) is 12.7 Å². The number of aromatic nitrogens is 2. The Morgan fingerprint density at radius 1 is 1.40 bits per heavy atom. The van der Waals surface area contributed by atoms with Crippen LogP contribution in [0.25, 0.3) is 0 Å². The van der Waals surface area contributed by atoms with Gasteiger partial charge in [-0.3, -0.25) is 4.79 Å². The van der Waals surface area contributed by atoms with Gasteiger partial charge in [0.1, 0.15) is 11.5 Å². The minimum Gasteiger partial charge on any atom is -0.481 e. The predicted octanol–water partition coefficient (Wildman–Crippen LogP) is 1.86. The lowest BCUT2D eigenvalue weighted by molar-refractivity contribution is 0.0945. The van der Waals surface area contributed by atoms with E-state index in [1.165, 1.54) is 26.2 Å². The molecule has 0 saturated carbocycles. The zero-order valence-corrected chi connectivity index (χ0v) is 11.2. The average Bonchev–Trinajstić information content (AvgIpc) is 2.47. The highest BCUT2D eigenvalue weighted by Crippen LogP contribution is 2.13. The minimum absolute atomic E-state index is 0.173. The number of nitrogens with zero attached hydrogens (tertiary/aromatic N) is 2. The molecule has 104 valence electrons. The van der Waals surface area contributed by atoms with Gasteiger partial charge in [-0.2, -0.15) is 0 Å². The number of amides is 1. The summed E-state index contributed by atoms with van der Waals surface area (Å²) in [5.74, 6) is -0.356. The van der Waals surface area contributed by atoms with Crippen LogP contribution in [-0.2, 0) is 6.54 Å². The summed E-state index contributed by atoms with van der Waals surface area (Å²) >= 11 is 0. The summed E-state index contributed by atoms with van der Waals surface area (Å²) in [5, 5.41) is 2.69. The molecule has 1 N–H and O–H groups in total. The molecular formula is C14H14FN3O2. The third kappa shape index (κ3) is 3.09. The maximum absolute atomic E-state index is 13.1. The van der Waals surface area contributed by atoms with Gasteiger partial charge >= 0.3 is 0 Å². The first kappa shape index (κ1) is 13.9. The van der Waals surface area contributed by atoms with Gasteiger partial charge in [0.05, 0.1) is 12.8 Å². The number of carbonyl (C=O) groups is 1. The fraction of sp³-hybridized carbons (Fsp3) is 0.214. The summed E-state index contributed by atoms with van der Waals surface area (Å²) in [6.07, 6.45) is 1.61. The number of hydrogen-bond acceptors (Lipinski definition) is 4. The van der Waals surface area contributed by atoms with Crippen LogP contribution in [0.3, 0.4) is 0 Å². The van der Waals surface area contributed by atoms with Crippen LogP contribution in [0.15, 0.2) is 30.5 Å². The van der Waals surface area contributed by atoms with E-state index in [1.54, 1.807) is 18.3 Å². The molecule has 0 aliphatic heterocycles. The van der Waals surface area contributed by atoms with E-state index >= 15 is 0 Å². The monoisotopic (exact) mass is 275 g/mol. The zero-order chi connectivity index (χ0) is 14.5. The van der Waals surface area contributed by atoms with Gasteiger partial charge < -0.3 is 10.1 Å². The van der Waals surface area contributed by atoms with Gasteiger partial charge in [-0.1, -0.05) is 6.07 Å². The van der Waals surface area contributed by atoms with E-state index in [-0.39, 0.29) is 23.8 Å². The van der Waals surface area contributed by atoms with Gasteiger partial charge in [-0.15, -0.1) is 0 Å². The zero-order valence-electron chi connectivity index (χ0n) is 11.2. The quantitative estimate of drug-likeness (QED) is 0.925. The lowest BCUT2D eigenvalue weighted by Crippen LogP contribution is -2.24. The Hall–Kier alpha value is -2.50. The molecule has 5 nitrogen and oxygen atoms in total. The molecule has 2 aromatic heterocycles. The first-order valence-electron chi connectivity index (χ1n) is 6.01. The van der Waals surface area contributed by atoms with Crippen molar-refractivity contribution in [2.45, 2.75) is 13.5 Å². The number of ether oxygens (including phenoxy) is 1. The van der Waals surface area contributed by atoms with Crippen molar-refractivity contribution in [3.8, 4) is 5.88 Å². The minimum atomic E-state index is -0.435. The molecule has 1 amide bonds. The summed E-state index contributed by atoms with van der Waals surface area (Å²) in [7, 11) is 1.51. The standard InChI is InChI=1S/C14H14FN3O2/c1-9-11(15)5-6-12(18-9)13(19)17-8-10-4-3-7-16-14(10)20-2/h3-7H,8H2,1-2H3,(H,17,19). The van der Waals surface area contributed by atoms with Crippen molar-refractivity contribution in [2.24, 2.45) is 0 Å². The molecule has 20 heavy (non-hydrogen) atoms. The Morgan fingerprint density at radius 3 is 2.90 bits per heavy atom. The van der Waals surface area contributed by atoms with Crippen LogP contribution in [0.1, 0.15) is 21.7 Å². The molecule has 0 aromatic carbocycles. The molecule has 0 spiro atoms. The third-order valence-corrected chi connectivity index (χ3v) is 2.74. The largest absolute Gasteiger partial charge is 0.481 e. The van der Waals surface area contributed by atoms with Crippen LogP contribution in [0.2, 0.25) is 0 Å². The first-order valence-corrected chi connectivity index (χ1v) is 6.01. The lowest BCUT2D eigenvalue weighted by atomic mass is 10.2. The summed E-state index contributed by atoms with van der Waals surface area (Å²) < 4.78 is 18.2. The second-order valence-corrected chi connectivity index (χ2v) is 4.12. The van der Waals surface area contributed by atoms with Crippen LogP contribution >= 0.6 is 0 Å². The van der Waals surface area contributed by atoms with E-state index in [1.807, 2.05) is 0 Å². The van der Waals surface area contributed by atoms with Crippen molar-refractivity contribution in [1.82, 2.24) is 15.3 Å². The SMILES string of the molecule is COc1ncccc1CNC(=O)c1ccc(F)c(C)n1. The van der Waals surface area contributed by atoms with Crippen molar-refractivity contribution in [2.75, 3.05) is 7.11 Å². The van der Waals surface area contributed by atoms with Crippen LogP contribution in [-0.4, -0.2) is 23.0 Å². The normalized spacial score (nSPS) is 10.2. The number of pyridine rings is 2. The van der Waals surface area contributed by atoms with E-state index < -0.39 is 5.82 Å². The van der Waals surface area contributed by atoms with E-state index in [2.05, 4.69) is 15.3 Å². The summed E-state index contributed by atoms with van der Waals surface area (Å²) in [6, 6.07) is 6.12. The topological polar surface area (TPSA) is 64.1 Å². The number of methoxy groups -OCH3 is 1. The van der Waals surface area contributed by atoms with Crippen molar-refractivity contribution < 1.29 is 13.9 Å². The molecule has 2 heterocycles. The Balaban J connectivity index is 2.06. The molecule has 0 aliphatic rings. The maximum atomic E-state index is 13.1. The first-order chi connectivity index (χ1) is 9.61. The highest BCUT2D eigenvalue weighted by atomic mass is 19.1. The van der Waals surface area contributed by atoms with Crippen LogP contribution < -0.4 is 10.1 Å². The van der Waals surface area contributed by atoms with Gasteiger partial charge in [0.2, 0.25) is 5.88 Å². The Morgan fingerprint density at radius 2 is 2.20 bits per heavy atom. The fourth-order valence-electron chi connectivity index (χ4n) is 1.68. The number of aryl methyl sites for hydroxylation is 1. The molecule has 0 saturated heterocycles. The smallest absolute Gasteiger partial charge is 0.270 e. The summed E-state index contributed by atoms with van der Waals surface area (Å²) in [6.45, 7) is 1.77. The number of halogens is 1. The average molecular weight is 275 g/mol. The molecule has 6 heteroatoms. The maximum Gasteiger partial charge on any atom is 0.270 e. The molecular weight excluding hydrogens is 261 g/mol. The Labute approximate surface area is 115 Å². The molecule has 0 atom stereocenters. The van der Waals surface area contributed by atoms with Gasteiger partial charge in [-0.05, 0) is 25.1 Å². The molecule has 0 bridgehead atoms. The Kier molecular flexibility index (Phi) is 4.24. The number of hydrogen-bond donors (Lipinski definition) is 1. The molecule has 0 radical (unpaired) electrons. The number of nitrogens with one attached hydrogen (secondary N) is 1. The molecule has 0 aliphatic carbocycles. The number of rotatable bonds is 4. The third-order valence-electron chi connectivity index (χ3n) is 2.74. The van der Waals surface area contributed by atoms with E-state index in [4.69, 9.17) is 4.74 Å². The molecule has 0 fully saturated rings. The van der Waals surface area contributed by atoms with Crippen molar-refractivity contribution in [1.29, 1.82) is 0 Å².